The molecule has 5 nitrogen and oxygen atoms in total. The lowest BCUT2D eigenvalue weighted by molar-refractivity contribution is 0.0950. The molecule has 2 aromatic rings. The SMILES string of the molecule is O=C(NCCNC1CCCCCC1)c1n[nH]c2ccccc12. The summed E-state index contributed by atoms with van der Waals surface area (Å²) in [5.74, 6) is -0.111. The first kappa shape index (κ1) is 15.0. The van der Waals surface area contributed by atoms with E-state index < -0.39 is 0 Å². The number of carbonyl (C=O) groups excluding carboxylic acids is 1. The van der Waals surface area contributed by atoms with Crippen LogP contribution in [0.25, 0.3) is 10.9 Å². The zero-order valence-electron chi connectivity index (χ0n) is 12.9. The van der Waals surface area contributed by atoms with Crippen LogP contribution < -0.4 is 10.6 Å². The van der Waals surface area contributed by atoms with E-state index in [9.17, 15) is 4.79 Å². The molecule has 1 heterocycles. The van der Waals surface area contributed by atoms with Gasteiger partial charge in [-0.15, -0.1) is 0 Å². The largest absolute Gasteiger partial charge is 0.349 e. The molecule has 1 aliphatic rings. The van der Waals surface area contributed by atoms with Gasteiger partial charge in [-0.2, -0.15) is 5.10 Å². The second kappa shape index (κ2) is 7.40. The van der Waals surface area contributed by atoms with E-state index in [2.05, 4.69) is 20.8 Å². The Hall–Kier alpha value is -1.88. The number of hydrogen-bond acceptors (Lipinski definition) is 3. The predicted molar refractivity (Wildman–Crippen MR) is 87.9 cm³/mol. The monoisotopic (exact) mass is 300 g/mol. The first-order chi connectivity index (χ1) is 10.8. The van der Waals surface area contributed by atoms with Gasteiger partial charge in [0.05, 0.1) is 5.52 Å². The molecule has 0 atom stereocenters. The maximum Gasteiger partial charge on any atom is 0.272 e. The fourth-order valence-corrected chi connectivity index (χ4v) is 3.16. The lowest BCUT2D eigenvalue weighted by Crippen LogP contribution is -2.37. The number of para-hydroxylation sites is 1. The van der Waals surface area contributed by atoms with Crippen LogP contribution in [-0.2, 0) is 0 Å². The number of nitrogens with one attached hydrogen (secondary N) is 3. The van der Waals surface area contributed by atoms with Crippen LogP contribution in [0.15, 0.2) is 24.3 Å². The summed E-state index contributed by atoms with van der Waals surface area (Å²) in [5, 5.41) is 14.4. The Morgan fingerprint density at radius 2 is 1.91 bits per heavy atom. The van der Waals surface area contributed by atoms with Crippen LogP contribution in [0, 0.1) is 0 Å². The predicted octanol–water partition coefficient (Wildman–Crippen LogP) is 2.61. The Morgan fingerprint density at radius 3 is 2.73 bits per heavy atom. The van der Waals surface area contributed by atoms with Crippen molar-refractivity contribution in [1.82, 2.24) is 20.8 Å². The van der Waals surface area contributed by atoms with Crippen LogP contribution in [0.1, 0.15) is 49.0 Å². The van der Waals surface area contributed by atoms with Crippen molar-refractivity contribution in [2.24, 2.45) is 0 Å². The van der Waals surface area contributed by atoms with E-state index in [4.69, 9.17) is 0 Å². The standard InChI is InChI=1S/C17H24N4O/c22-17(16-14-9-5-6-10-15(14)20-21-16)19-12-11-18-13-7-3-1-2-4-8-13/h5-6,9-10,13,18H,1-4,7-8,11-12H2,(H,19,22)(H,20,21). The van der Waals surface area contributed by atoms with Gasteiger partial charge in [-0.25, -0.2) is 0 Å². The zero-order valence-corrected chi connectivity index (χ0v) is 12.9. The van der Waals surface area contributed by atoms with Gasteiger partial charge in [0.1, 0.15) is 0 Å². The molecule has 1 fully saturated rings. The van der Waals surface area contributed by atoms with Gasteiger partial charge in [-0.05, 0) is 18.9 Å². The number of hydrogen-bond donors (Lipinski definition) is 3. The van der Waals surface area contributed by atoms with Gasteiger partial charge in [0.15, 0.2) is 5.69 Å². The van der Waals surface area contributed by atoms with Crippen LogP contribution in [-0.4, -0.2) is 35.2 Å². The first-order valence-corrected chi connectivity index (χ1v) is 8.29. The van der Waals surface area contributed by atoms with Crippen molar-refractivity contribution in [2.45, 2.75) is 44.6 Å². The van der Waals surface area contributed by atoms with Gasteiger partial charge in [0.25, 0.3) is 5.91 Å². The number of rotatable bonds is 5. The van der Waals surface area contributed by atoms with E-state index >= 15 is 0 Å². The molecule has 0 radical (unpaired) electrons. The van der Waals surface area contributed by atoms with Crippen LogP contribution in [0.2, 0.25) is 0 Å². The number of amides is 1. The van der Waals surface area contributed by atoms with Gasteiger partial charge in [-0.1, -0.05) is 43.9 Å². The molecule has 118 valence electrons. The van der Waals surface area contributed by atoms with E-state index in [0.717, 1.165) is 17.4 Å². The average Bonchev–Trinajstić information content (AvgIpc) is 2.80. The number of aromatic amines is 1. The van der Waals surface area contributed by atoms with E-state index in [1.165, 1.54) is 38.5 Å². The lowest BCUT2D eigenvalue weighted by Gasteiger charge is -2.16. The third-order valence-corrected chi connectivity index (χ3v) is 4.38. The molecule has 1 aromatic carbocycles. The summed E-state index contributed by atoms with van der Waals surface area (Å²) in [4.78, 5) is 12.2. The van der Waals surface area contributed by atoms with E-state index in [1.807, 2.05) is 24.3 Å². The van der Waals surface area contributed by atoms with Gasteiger partial charge in [-0.3, -0.25) is 9.89 Å². The summed E-state index contributed by atoms with van der Waals surface area (Å²) in [6, 6.07) is 8.30. The minimum atomic E-state index is -0.111. The fourth-order valence-electron chi connectivity index (χ4n) is 3.16. The number of benzene rings is 1. The van der Waals surface area contributed by atoms with Crippen molar-refractivity contribution in [2.75, 3.05) is 13.1 Å². The summed E-state index contributed by atoms with van der Waals surface area (Å²) >= 11 is 0. The Morgan fingerprint density at radius 1 is 1.14 bits per heavy atom. The van der Waals surface area contributed by atoms with Crippen molar-refractivity contribution >= 4 is 16.8 Å². The van der Waals surface area contributed by atoms with E-state index in [1.54, 1.807) is 0 Å². The number of carbonyl (C=O) groups is 1. The van der Waals surface area contributed by atoms with E-state index in [0.29, 0.717) is 18.3 Å². The minimum Gasteiger partial charge on any atom is -0.349 e. The van der Waals surface area contributed by atoms with Gasteiger partial charge in [0.2, 0.25) is 0 Å². The molecule has 1 saturated carbocycles. The highest BCUT2D eigenvalue weighted by Crippen LogP contribution is 2.17. The smallest absolute Gasteiger partial charge is 0.272 e. The topological polar surface area (TPSA) is 69.8 Å². The van der Waals surface area contributed by atoms with Gasteiger partial charge < -0.3 is 10.6 Å². The van der Waals surface area contributed by atoms with Crippen LogP contribution in [0.4, 0.5) is 0 Å². The highest BCUT2D eigenvalue weighted by molar-refractivity contribution is 6.04. The van der Waals surface area contributed by atoms with Crippen LogP contribution in [0.5, 0.6) is 0 Å². The number of aromatic nitrogens is 2. The highest BCUT2D eigenvalue weighted by Gasteiger charge is 2.14. The molecule has 0 spiro atoms. The Bertz CT molecular complexity index is 614. The number of nitrogens with zero attached hydrogens (tertiary/aromatic N) is 1. The average molecular weight is 300 g/mol. The molecule has 1 aromatic heterocycles. The van der Waals surface area contributed by atoms with Crippen molar-refractivity contribution in [3.63, 3.8) is 0 Å². The molecule has 5 heteroatoms. The van der Waals surface area contributed by atoms with Crippen molar-refractivity contribution in [1.29, 1.82) is 0 Å². The quantitative estimate of drug-likeness (QED) is 0.587. The summed E-state index contributed by atoms with van der Waals surface area (Å²) in [5.41, 5.74) is 1.37. The van der Waals surface area contributed by atoms with E-state index in [-0.39, 0.29) is 5.91 Å². The highest BCUT2D eigenvalue weighted by atomic mass is 16.1. The second-order valence-corrected chi connectivity index (χ2v) is 6.02. The number of H-pyrrole nitrogens is 1. The summed E-state index contributed by atoms with van der Waals surface area (Å²) in [7, 11) is 0. The Kier molecular flexibility index (Phi) is 5.06. The van der Waals surface area contributed by atoms with Gasteiger partial charge in [0, 0.05) is 24.5 Å². The van der Waals surface area contributed by atoms with Crippen LogP contribution >= 0.6 is 0 Å². The zero-order chi connectivity index (χ0) is 15.2. The molecular weight excluding hydrogens is 276 g/mol. The summed E-state index contributed by atoms with van der Waals surface area (Å²) in [6.45, 7) is 1.45. The molecule has 0 aliphatic heterocycles. The first-order valence-electron chi connectivity index (χ1n) is 8.29. The molecule has 0 saturated heterocycles. The Labute approximate surface area is 130 Å². The third-order valence-electron chi connectivity index (χ3n) is 4.38. The Balaban J connectivity index is 1.46. The molecule has 3 N–H and O–H groups in total. The third kappa shape index (κ3) is 3.65. The molecule has 1 aliphatic carbocycles. The van der Waals surface area contributed by atoms with Crippen molar-refractivity contribution in [3.05, 3.63) is 30.0 Å². The second-order valence-electron chi connectivity index (χ2n) is 6.02. The van der Waals surface area contributed by atoms with Crippen LogP contribution in [0.3, 0.4) is 0 Å². The van der Waals surface area contributed by atoms with Gasteiger partial charge >= 0.3 is 0 Å². The summed E-state index contributed by atoms with van der Waals surface area (Å²) in [6.07, 6.45) is 7.89. The molecule has 22 heavy (non-hydrogen) atoms. The van der Waals surface area contributed by atoms with Crippen molar-refractivity contribution < 1.29 is 4.79 Å². The molecule has 0 unspecified atom stereocenters. The van der Waals surface area contributed by atoms with Crippen molar-refractivity contribution in [3.8, 4) is 0 Å². The fraction of sp³-hybridized carbons (Fsp3) is 0.529. The number of fused-ring (bicyclic) bond motifs is 1. The maximum absolute atomic E-state index is 12.2. The molecule has 0 bridgehead atoms. The molecule has 1 amide bonds. The maximum atomic E-state index is 12.2. The lowest BCUT2D eigenvalue weighted by atomic mass is 10.1. The molecular formula is C17H24N4O. The summed E-state index contributed by atoms with van der Waals surface area (Å²) < 4.78 is 0. The minimum absolute atomic E-state index is 0.111. The normalized spacial score (nSPS) is 16.5. The molecule has 3 rings (SSSR count).